The monoisotopic (exact) mass is 486 g/mol. The van der Waals surface area contributed by atoms with E-state index < -0.39 is 28.6 Å². The highest BCUT2D eigenvalue weighted by molar-refractivity contribution is 7.92. The highest BCUT2D eigenvalue weighted by Crippen LogP contribution is 2.31. The van der Waals surface area contributed by atoms with Crippen LogP contribution in [-0.2, 0) is 14.8 Å². The number of sulfonamides is 1. The van der Waals surface area contributed by atoms with Crippen LogP contribution in [0.4, 0.5) is 5.69 Å². The van der Waals surface area contributed by atoms with E-state index in [9.17, 15) is 13.2 Å². The number of para-hydroxylation sites is 2. The summed E-state index contributed by atoms with van der Waals surface area (Å²) in [6, 6.07) is 20.1. The van der Waals surface area contributed by atoms with Crippen molar-refractivity contribution in [3.63, 3.8) is 0 Å². The fraction of sp³-hybridized carbons (Fsp3) is 0.208. The van der Waals surface area contributed by atoms with Crippen molar-refractivity contribution in [1.82, 2.24) is 5.32 Å². The zero-order valence-corrected chi connectivity index (χ0v) is 19.5. The molecule has 3 aromatic carbocycles. The summed E-state index contributed by atoms with van der Waals surface area (Å²) in [6.45, 7) is 1.90. The summed E-state index contributed by atoms with van der Waals surface area (Å²) < 4.78 is 39.3. The van der Waals surface area contributed by atoms with Crippen molar-refractivity contribution in [2.24, 2.45) is 0 Å². The summed E-state index contributed by atoms with van der Waals surface area (Å²) >= 11 is 6.09. The topological polar surface area (TPSA) is 84.9 Å². The van der Waals surface area contributed by atoms with E-state index in [2.05, 4.69) is 5.32 Å². The van der Waals surface area contributed by atoms with Crippen molar-refractivity contribution in [3.05, 3.63) is 83.4 Å². The molecule has 0 unspecified atom stereocenters. The Morgan fingerprint density at radius 2 is 1.79 bits per heavy atom. The SMILES string of the molecule is Cc1ccc(S(=O)(=O)N(CC(=O)NC[C@@H]2COc3ccccc3O2)c2cccc(Cl)c2)cc1. The zero-order chi connectivity index (χ0) is 23.4. The standard InChI is InChI=1S/C24H23ClN2O5S/c1-17-9-11-21(12-10-17)33(29,30)27(19-6-4-5-18(25)13-19)15-24(28)26-14-20-16-31-22-7-2-3-8-23(22)32-20/h2-13,20H,14-16H2,1H3,(H,26,28)/t20-/m1/s1. The number of carbonyl (C=O) groups excluding carboxylic acids is 1. The molecule has 1 aliphatic heterocycles. The van der Waals surface area contributed by atoms with Crippen molar-refractivity contribution in [1.29, 1.82) is 0 Å². The van der Waals surface area contributed by atoms with Gasteiger partial charge in [0.1, 0.15) is 19.3 Å². The Balaban J connectivity index is 1.49. The van der Waals surface area contributed by atoms with Crippen molar-refractivity contribution in [2.75, 3.05) is 24.0 Å². The van der Waals surface area contributed by atoms with E-state index in [0.717, 1.165) is 9.87 Å². The molecule has 0 fully saturated rings. The van der Waals surface area contributed by atoms with E-state index in [1.54, 1.807) is 36.4 Å². The highest BCUT2D eigenvalue weighted by atomic mass is 35.5. The first kappa shape index (κ1) is 22.9. The number of amides is 1. The van der Waals surface area contributed by atoms with Crippen LogP contribution < -0.4 is 19.1 Å². The van der Waals surface area contributed by atoms with Crippen molar-refractivity contribution >= 4 is 33.2 Å². The number of halogens is 1. The van der Waals surface area contributed by atoms with Gasteiger partial charge in [-0.2, -0.15) is 0 Å². The Bertz CT molecular complexity index is 1250. The van der Waals surface area contributed by atoms with Crippen LogP contribution in [0, 0.1) is 6.92 Å². The van der Waals surface area contributed by atoms with Gasteiger partial charge in [0.15, 0.2) is 11.5 Å². The normalized spacial score (nSPS) is 15.0. The zero-order valence-electron chi connectivity index (χ0n) is 17.9. The molecule has 0 saturated carbocycles. The van der Waals surface area contributed by atoms with Gasteiger partial charge >= 0.3 is 0 Å². The molecule has 0 radical (unpaired) electrons. The lowest BCUT2D eigenvalue weighted by molar-refractivity contribution is -0.120. The first-order chi connectivity index (χ1) is 15.8. The Hall–Kier alpha value is -3.23. The number of rotatable bonds is 7. The predicted octanol–water partition coefficient (Wildman–Crippen LogP) is 3.80. The summed E-state index contributed by atoms with van der Waals surface area (Å²) in [5.74, 6) is 0.773. The van der Waals surface area contributed by atoms with Gasteiger partial charge < -0.3 is 14.8 Å². The minimum atomic E-state index is -4.01. The van der Waals surface area contributed by atoms with Crippen LogP contribution in [0.25, 0.3) is 0 Å². The van der Waals surface area contributed by atoms with Crippen molar-refractivity contribution < 1.29 is 22.7 Å². The van der Waals surface area contributed by atoms with Gasteiger partial charge in [0.2, 0.25) is 5.91 Å². The number of nitrogens with zero attached hydrogens (tertiary/aromatic N) is 1. The van der Waals surface area contributed by atoms with Crippen LogP contribution >= 0.6 is 11.6 Å². The van der Waals surface area contributed by atoms with Crippen LogP contribution in [0.2, 0.25) is 5.02 Å². The molecule has 1 atom stereocenters. The van der Waals surface area contributed by atoms with Gasteiger partial charge in [-0.1, -0.05) is 47.5 Å². The molecular formula is C24H23ClN2O5S. The number of ether oxygens (including phenoxy) is 2. The maximum Gasteiger partial charge on any atom is 0.264 e. The minimum absolute atomic E-state index is 0.0847. The lowest BCUT2D eigenvalue weighted by Gasteiger charge is -2.27. The number of hydrogen-bond acceptors (Lipinski definition) is 5. The highest BCUT2D eigenvalue weighted by Gasteiger charge is 2.28. The molecule has 33 heavy (non-hydrogen) atoms. The van der Waals surface area contributed by atoms with E-state index >= 15 is 0 Å². The number of nitrogens with one attached hydrogen (secondary N) is 1. The summed E-state index contributed by atoms with van der Waals surface area (Å²) in [5.41, 5.74) is 1.22. The first-order valence-corrected chi connectivity index (χ1v) is 12.1. The first-order valence-electron chi connectivity index (χ1n) is 10.3. The average Bonchev–Trinajstić information content (AvgIpc) is 2.81. The quantitative estimate of drug-likeness (QED) is 0.549. The molecule has 1 aliphatic rings. The summed E-state index contributed by atoms with van der Waals surface area (Å²) in [6.07, 6.45) is -0.392. The number of hydrogen-bond donors (Lipinski definition) is 1. The van der Waals surface area contributed by atoms with Gasteiger partial charge in [0, 0.05) is 5.02 Å². The van der Waals surface area contributed by atoms with Gasteiger partial charge in [0.05, 0.1) is 17.1 Å². The van der Waals surface area contributed by atoms with Gasteiger partial charge in [-0.25, -0.2) is 8.42 Å². The van der Waals surface area contributed by atoms with E-state index in [-0.39, 0.29) is 18.0 Å². The van der Waals surface area contributed by atoms with Gasteiger partial charge in [-0.05, 0) is 49.4 Å². The second-order valence-corrected chi connectivity index (χ2v) is 9.91. The molecule has 0 aliphatic carbocycles. The van der Waals surface area contributed by atoms with E-state index in [1.165, 1.54) is 18.2 Å². The maximum absolute atomic E-state index is 13.4. The van der Waals surface area contributed by atoms with Crippen LogP contribution in [-0.4, -0.2) is 40.1 Å². The molecule has 7 nitrogen and oxygen atoms in total. The molecule has 172 valence electrons. The number of anilines is 1. The Kier molecular flexibility index (Phi) is 6.76. The number of benzene rings is 3. The van der Waals surface area contributed by atoms with Crippen LogP contribution in [0.3, 0.4) is 0 Å². The van der Waals surface area contributed by atoms with Gasteiger partial charge in [-0.3, -0.25) is 9.10 Å². The molecule has 1 amide bonds. The molecule has 9 heteroatoms. The average molecular weight is 487 g/mol. The molecule has 0 aromatic heterocycles. The smallest absolute Gasteiger partial charge is 0.264 e. The third-order valence-electron chi connectivity index (χ3n) is 5.09. The Morgan fingerprint density at radius 3 is 2.52 bits per heavy atom. The minimum Gasteiger partial charge on any atom is -0.486 e. The second-order valence-electron chi connectivity index (χ2n) is 7.61. The fourth-order valence-electron chi connectivity index (χ4n) is 3.36. The third kappa shape index (κ3) is 5.40. The lowest BCUT2D eigenvalue weighted by atomic mass is 10.2. The van der Waals surface area contributed by atoms with Crippen LogP contribution in [0.15, 0.2) is 77.7 Å². The lowest BCUT2D eigenvalue weighted by Crippen LogP contribution is -2.45. The molecule has 0 saturated heterocycles. The maximum atomic E-state index is 13.4. The van der Waals surface area contributed by atoms with Crippen molar-refractivity contribution in [2.45, 2.75) is 17.9 Å². The predicted molar refractivity (Wildman–Crippen MR) is 127 cm³/mol. The summed E-state index contributed by atoms with van der Waals surface area (Å²) in [5, 5.41) is 3.11. The molecule has 1 heterocycles. The molecule has 4 rings (SSSR count). The molecule has 0 spiro atoms. The molecule has 1 N–H and O–H groups in total. The molecule has 3 aromatic rings. The number of aryl methyl sites for hydroxylation is 1. The molecular weight excluding hydrogens is 464 g/mol. The fourth-order valence-corrected chi connectivity index (χ4v) is 4.96. The van der Waals surface area contributed by atoms with Gasteiger partial charge in [0.25, 0.3) is 10.0 Å². The van der Waals surface area contributed by atoms with Crippen molar-refractivity contribution in [3.8, 4) is 11.5 Å². The second kappa shape index (κ2) is 9.72. The molecule has 0 bridgehead atoms. The Labute approximate surface area is 197 Å². The van der Waals surface area contributed by atoms with E-state index in [0.29, 0.717) is 22.2 Å². The van der Waals surface area contributed by atoms with E-state index in [1.807, 2.05) is 25.1 Å². The number of fused-ring (bicyclic) bond motifs is 1. The summed E-state index contributed by atoms with van der Waals surface area (Å²) in [7, 11) is -4.01. The van der Waals surface area contributed by atoms with E-state index in [4.69, 9.17) is 21.1 Å². The summed E-state index contributed by atoms with van der Waals surface area (Å²) in [4.78, 5) is 12.9. The van der Waals surface area contributed by atoms with Crippen LogP contribution in [0.5, 0.6) is 11.5 Å². The van der Waals surface area contributed by atoms with Crippen LogP contribution in [0.1, 0.15) is 5.56 Å². The largest absolute Gasteiger partial charge is 0.486 e. The third-order valence-corrected chi connectivity index (χ3v) is 7.11. The Morgan fingerprint density at radius 1 is 1.06 bits per heavy atom. The van der Waals surface area contributed by atoms with Gasteiger partial charge in [-0.15, -0.1) is 0 Å². The number of carbonyl (C=O) groups is 1.